The molecule has 0 bridgehead atoms. The molecule has 0 saturated carbocycles. The summed E-state index contributed by atoms with van der Waals surface area (Å²) in [6.45, 7) is 6.37. The molecule has 2 N–H and O–H groups in total. The number of piperidine rings is 1. The predicted molar refractivity (Wildman–Crippen MR) is 71.2 cm³/mol. The van der Waals surface area contributed by atoms with Crippen LogP contribution in [-0.4, -0.2) is 48.3 Å². The third-order valence-corrected chi connectivity index (χ3v) is 3.18. The van der Waals surface area contributed by atoms with E-state index in [0.29, 0.717) is 25.3 Å². The molecule has 1 aliphatic heterocycles. The summed E-state index contributed by atoms with van der Waals surface area (Å²) in [6, 6.07) is -0.906. The molecular formula is C13H23N3O3. The van der Waals surface area contributed by atoms with Gasteiger partial charge in [0.25, 0.3) is 0 Å². The normalized spacial score (nSPS) is 21.7. The Hall–Kier alpha value is -1.43. The Morgan fingerprint density at radius 2 is 2.00 bits per heavy atom. The molecule has 0 aromatic heterocycles. The second-order valence-corrected chi connectivity index (χ2v) is 5.41. The first-order chi connectivity index (χ1) is 8.82. The van der Waals surface area contributed by atoms with E-state index < -0.39 is 12.1 Å². The van der Waals surface area contributed by atoms with Crippen LogP contribution in [-0.2, 0) is 14.4 Å². The summed E-state index contributed by atoms with van der Waals surface area (Å²) in [5.74, 6) is -0.169. The maximum Gasteiger partial charge on any atom is 0.246 e. The van der Waals surface area contributed by atoms with Gasteiger partial charge < -0.3 is 5.32 Å². The molecule has 6 heteroatoms. The van der Waals surface area contributed by atoms with Crippen molar-refractivity contribution in [3.8, 4) is 0 Å². The number of amides is 3. The van der Waals surface area contributed by atoms with Crippen LogP contribution < -0.4 is 10.6 Å². The van der Waals surface area contributed by atoms with E-state index in [2.05, 4.69) is 10.6 Å². The Bertz CT molecular complexity index is 368. The number of likely N-dealkylation sites (N-methyl/N-ethyl adjacent to an activating group) is 1. The van der Waals surface area contributed by atoms with Crippen molar-refractivity contribution in [1.82, 2.24) is 15.5 Å². The van der Waals surface area contributed by atoms with Crippen LogP contribution in [0.25, 0.3) is 0 Å². The van der Waals surface area contributed by atoms with E-state index in [4.69, 9.17) is 0 Å². The molecule has 6 nitrogen and oxygen atoms in total. The molecule has 0 spiro atoms. The summed E-state index contributed by atoms with van der Waals surface area (Å²) in [4.78, 5) is 36.1. The number of imide groups is 1. The lowest BCUT2D eigenvalue weighted by molar-refractivity contribution is -0.148. The molecule has 1 heterocycles. The maximum absolute atomic E-state index is 11.9. The molecule has 1 rings (SSSR count). The van der Waals surface area contributed by atoms with Crippen LogP contribution in [0.1, 0.15) is 33.6 Å². The van der Waals surface area contributed by atoms with Gasteiger partial charge in [0.05, 0.1) is 12.1 Å². The van der Waals surface area contributed by atoms with Gasteiger partial charge in [-0.2, -0.15) is 0 Å². The van der Waals surface area contributed by atoms with Crippen LogP contribution >= 0.6 is 0 Å². The van der Waals surface area contributed by atoms with Crippen molar-refractivity contribution in [2.24, 2.45) is 5.92 Å². The molecule has 2 atom stereocenters. The second-order valence-electron chi connectivity index (χ2n) is 5.41. The topological polar surface area (TPSA) is 78.5 Å². The van der Waals surface area contributed by atoms with Crippen molar-refractivity contribution in [2.45, 2.75) is 45.7 Å². The monoisotopic (exact) mass is 269 g/mol. The Morgan fingerprint density at radius 3 is 2.58 bits per heavy atom. The zero-order valence-corrected chi connectivity index (χ0v) is 12.0. The third kappa shape index (κ3) is 4.31. The second kappa shape index (κ2) is 6.65. The number of carbonyl (C=O) groups is 3. The summed E-state index contributed by atoms with van der Waals surface area (Å²) in [5.41, 5.74) is 0. The first-order valence-electron chi connectivity index (χ1n) is 6.67. The van der Waals surface area contributed by atoms with E-state index in [9.17, 15) is 14.4 Å². The van der Waals surface area contributed by atoms with Gasteiger partial charge in [-0.05, 0) is 19.3 Å². The smallest absolute Gasteiger partial charge is 0.246 e. The zero-order chi connectivity index (χ0) is 14.6. The third-order valence-electron chi connectivity index (χ3n) is 3.18. The molecule has 1 fully saturated rings. The summed E-state index contributed by atoms with van der Waals surface area (Å²) in [7, 11) is 1.47. The molecule has 0 aromatic carbocycles. The van der Waals surface area contributed by atoms with Gasteiger partial charge in [0, 0.05) is 20.0 Å². The van der Waals surface area contributed by atoms with E-state index in [0.717, 1.165) is 4.90 Å². The number of nitrogens with zero attached hydrogens (tertiary/aromatic N) is 1. The van der Waals surface area contributed by atoms with Crippen LogP contribution in [0.2, 0.25) is 0 Å². The maximum atomic E-state index is 11.9. The lowest BCUT2D eigenvalue weighted by Crippen LogP contribution is -2.56. The highest BCUT2D eigenvalue weighted by Crippen LogP contribution is 2.11. The standard InChI is InChI=1S/C13H23N3O3/c1-8(2)7-14-12(18)9(3)15-10-5-6-11(17)16(4)13(10)19/h8-10,15H,5-7H2,1-4H3,(H,14,18). The predicted octanol–water partition coefficient (Wildman–Crippen LogP) is -0.116. The van der Waals surface area contributed by atoms with Crippen LogP contribution in [0.4, 0.5) is 0 Å². The zero-order valence-electron chi connectivity index (χ0n) is 12.0. The molecule has 0 aromatic rings. The van der Waals surface area contributed by atoms with Crippen molar-refractivity contribution in [1.29, 1.82) is 0 Å². The lowest BCUT2D eigenvalue weighted by atomic mass is 10.0. The molecular weight excluding hydrogens is 246 g/mol. The Kier molecular flexibility index (Phi) is 5.47. The van der Waals surface area contributed by atoms with Crippen molar-refractivity contribution < 1.29 is 14.4 Å². The summed E-state index contributed by atoms with van der Waals surface area (Å²) in [6.07, 6.45) is 0.782. The average Bonchev–Trinajstić information content (AvgIpc) is 2.36. The molecule has 0 radical (unpaired) electrons. The summed E-state index contributed by atoms with van der Waals surface area (Å²) >= 11 is 0. The van der Waals surface area contributed by atoms with Crippen LogP contribution in [0.3, 0.4) is 0 Å². The Labute approximate surface area is 113 Å². The number of carbonyl (C=O) groups excluding carboxylic acids is 3. The molecule has 108 valence electrons. The highest BCUT2D eigenvalue weighted by atomic mass is 16.2. The van der Waals surface area contributed by atoms with Gasteiger partial charge in [-0.1, -0.05) is 13.8 Å². The number of rotatable bonds is 5. The molecule has 2 unspecified atom stereocenters. The van der Waals surface area contributed by atoms with Gasteiger partial charge in [0.2, 0.25) is 17.7 Å². The Morgan fingerprint density at radius 1 is 1.37 bits per heavy atom. The number of likely N-dealkylation sites (tertiary alicyclic amines) is 1. The van der Waals surface area contributed by atoms with Crippen molar-refractivity contribution in [2.75, 3.05) is 13.6 Å². The highest BCUT2D eigenvalue weighted by Gasteiger charge is 2.33. The van der Waals surface area contributed by atoms with Crippen LogP contribution in [0, 0.1) is 5.92 Å². The highest BCUT2D eigenvalue weighted by molar-refractivity contribution is 6.00. The van der Waals surface area contributed by atoms with Crippen molar-refractivity contribution in [3.05, 3.63) is 0 Å². The minimum atomic E-state index is -0.456. The first-order valence-corrected chi connectivity index (χ1v) is 6.67. The molecule has 0 aliphatic carbocycles. The average molecular weight is 269 g/mol. The quantitative estimate of drug-likeness (QED) is 0.682. The largest absolute Gasteiger partial charge is 0.354 e. The van der Waals surface area contributed by atoms with Gasteiger partial charge in [0.1, 0.15) is 0 Å². The van der Waals surface area contributed by atoms with Crippen LogP contribution in [0.5, 0.6) is 0 Å². The van der Waals surface area contributed by atoms with E-state index in [1.165, 1.54) is 7.05 Å². The fourth-order valence-corrected chi connectivity index (χ4v) is 1.91. The van der Waals surface area contributed by atoms with Gasteiger partial charge in [0.15, 0.2) is 0 Å². The SMILES string of the molecule is CC(C)CNC(=O)C(C)NC1CCC(=O)N(C)C1=O. The fraction of sp³-hybridized carbons (Fsp3) is 0.769. The number of nitrogens with one attached hydrogen (secondary N) is 2. The molecule has 1 saturated heterocycles. The Balaban J connectivity index is 2.48. The minimum absolute atomic E-state index is 0.124. The summed E-state index contributed by atoms with van der Waals surface area (Å²) in [5, 5.41) is 5.80. The first kappa shape index (κ1) is 15.6. The van der Waals surface area contributed by atoms with Gasteiger partial charge in [-0.3, -0.25) is 24.6 Å². The van der Waals surface area contributed by atoms with Gasteiger partial charge in [-0.15, -0.1) is 0 Å². The van der Waals surface area contributed by atoms with E-state index in [1.54, 1.807) is 6.92 Å². The van der Waals surface area contributed by atoms with E-state index in [-0.39, 0.29) is 17.7 Å². The molecule has 19 heavy (non-hydrogen) atoms. The van der Waals surface area contributed by atoms with Gasteiger partial charge in [-0.25, -0.2) is 0 Å². The number of hydrogen-bond donors (Lipinski definition) is 2. The van der Waals surface area contributed by atoms with E-state index >= 15 is 0 Å². The summed E-state index contributed by atoms with van der Waals surface area (Å²) < 4.78 is 0. The molecule has 1 aliphatic rings. The van der Waals surface area contributed by atoms with Gasteiger partial charge >= 0.3 is 0 Å². The minimum Gasteiger partial charge on any atom is -0.354 e. The lowest BCUT2D eigenvalue weighted by Gasteiger charge is -2.30. The van der Waals surface area contributed by atoms with E-state index in [1.807, 2.05) is 13.8 Å². The van der Waals surface area contributed by atoms with Crippen molar-refractivity contribution in [3.63, 3.8) is 0 Å². The van der Waals surface area contributed by atoms with Crippen LogP contribution in [0.15, 0.2) is 0 Å². The van der Waals surface area contributed by atoms with Crippen molar-refractivity contribution >= 4 is 17.7 Å². The number of hydrogen-bond acceptors (Lipinski definition) is 4. The fourth-order valence-electron chi connectivity index (χ4n) is 1.91. The molecule has 3 amide bonds.